The molecule has 2 rings (SSSR count). The third kappa shape index (κ3) is 4.48. The summed E-state index contributed by atoms with van der Waals surface area (Å²) in [6, 6.07) is 4.42. The van der Waals surface area contributed by atoms with Crippen LogP contribution in [0.25, 0.3) is 0 Å². The van der Waals surface area contributed by atoms with Crippen molar-refractivity contribution in [1.82, 2.24) is 10.3 Å². The molecule has 1 aliphatic rings. The molecule has 1 aromatic rings. The van der Waals surface area contributed by atoms with Gasteiger partial charge in [-0.1, -0.05) is 26.7 Å². The minimum absolute atomic E-state index is 0.872. The number of nitrogens with one attached hydrogen (secondary N) is 1. The highest BCUT2D eigenvalue weighted by Gasteiger charge is 2.16. The van der Waals surface area contributed by atoms with Crippen molar-refractivity contribution in [3.63, 3.8) is 0 Å². The van der Waals surface area contributed by atoms with Crippen LogP contribution in [0.15, 0.2) is 18.3 Å². The van der Waals surface area contributed by atoms with Crippen molar-refractivity contribution in [3.05, 3.63) is 24.0 Å². The molecule has 0 amide bonds. The van der Waals surface area contributed by atoms with E-state index in [9.17, 15) is 0 Å². The average Bonchev–Trinajstić information content (AvgIpc) is 2.72. The molecule has 1 aliphatic heterocycles. The molecule has 2 heterocycles. The lowest BCUT2D eigenvalue weighted by molar-refractivity contribution is 0.435. The molecule has 3 nitrogen and oxygen atoms in total. The summed E-state index contributed by atoms with van der Waals surface area (Å²) in [5.41, 5.74) is 2.50. The second-order valence-corrected chi connectivity index (χ2v) is 5.86. The van der Waals surface area contributed by atoms with E-state index in [-0.39, 0.29) is 0 Å². The summed E-state index contributed by atoms with van der Waals surface area (Å²) in [5.74, 6) is 0.938. The average molecular weight is 275 g/mol. The third-order valence-electron chi connectivity index (χ3n) is 4.27. The Morgan fingerprint density at radius 2 is 2.20 bits per heavy atom. The number of nitrogens with zero attached hydrogens (tertiary/aromatic N) is 2. The van der Waals surface area contributed by atoms with Gasteiger partial charge in [-0.2, -0.15) is 0 Å². The van der Waals surface area contributed by atoms with Crippen molar-refractivity contribution in [2.45, 2.75) is 52.5 Å². The number of pyridine rings is 1. The Kier molecular flexibility index (Phi) is 6.31. The maximum Gasteiger partial charge on any atom is 0.0562 e. The second-order valence-electron chi connectivity index (χ2n) is 5.86. The largest absolute Gasteiger partial charge is 0.371 e. The van der Waals surface area contributed by atoms with Gasteiger partial charge in [0.25, 0.3) is 0 Å². The van der Waals surface area contributed by atoms with Crippen LogP contribution in [0.2, 0.25) is 0 Å². The first-order valence-electron chi connectivity index (χ1n) is 8.24. The van der Waals surface area contributed by atoms with E-state index in [1.165, 1.54) is 50.9 Å². The monoisotopic (exact) mass is 275 g/mol. The first-order chi connectivity index (χ1) is 9.83. The zero-order valence-electron chi connectivity index (χ0n) is 13.1. The summed E-state index contributed by atoms with van der Waals surface area (Å²) in [4.78, 5) is 7.00. The molecular formula is C17H29N3. The Labute approximate surface area is 123 Å². The van der Waals surface area contributed by atoms with Crippen LogP contribution < -0.4 is 10.2 Å². The van der Waals surface area contributed by atoms with Crippen molar-refractivity contribution in [2.75, 3.05) is 24.5 Å². The number of hydrogen-bond acceptors (Lipinski definition) is 3. The standard InChI is InChI=1S/C17H29N3/c1-3-6-15-7-5-11-20(12-9-15)17-8-10-19-16(13-17)14-18-4-2/h8,10,13,15,18H,3-7,9,11-12,14H2,1-2H3. The molecule has 1 saturated heterocycles. The van der Waals surface area contributed by atoms with Crippen LogP contribution in [-0.4, -0.2) is 24.6 Å². The lowest BCUT2D eigenvalue weighted by Crippen LogP contribution is -2.24. The molecule has 0 spiro atoms. The highest BCUT2D eigenvalue weighted by Crippen LogP contribution is 2.25. The predicted molar refractivity (Wildman–Crippen MR) is 86.1 cm³/mol. The molecule has 0 saturated carbocycles. The van der Waals surface area contributed by atoms with E-state index < -0.39 is 0 Å². The van der Waals surface area contributed by atoms with Crippen LogP contribution in [0.1, 0.15) is 51.6 Å². The smallest absolute Gasteiger partial charge is 0.0562 e. The summed E-state index contributed by atoms with van der Waals surface area (Å²) in [5, 5.41) is 3.35. The Bertz CT molecular complexity index is 392. The Hall–Kier alpha value is -1.09. The van der Waals surface area contributed by atoms with Crippen molar-refractivity contribution in [2.24, 2.45) is 5.92 Å². The lowest BCUT2D eigenvalue weighted by atomic mass is 9.96. The van der Waals surface area contributed by atoms with E-state index in [0.29, 0.717) is 0 Å². The number of aromatic nitrogens is 1. The van der Waals surface area contributed by atoms with Crippen LogP contribution in [0, 0.1) is 5.92 Å². The van der Waals surface area contributed by atoms with E-state index in [4.69, 9.17) is 0 Å². The maximum atomic E-state index is 4.45. The molecule has 3 heteroatoms. The van der Waals surface area contributed by atoms with E-state index in [1.54, 1.807) is 0 Å². The molecule has 1 atom stereocenters. The molecule has 20 heavy (non-hydrogen) atoms. The highest BCUT2D eigenvalue weighted by molar-refractivity contribution is 5.46. The van der Waals surface area contributed by atoms with E-state index in [1.807, 2.05) is 6.20 Å². The Morgan fingerprint density at radius 3 is 3.00 bits per heavy atom. The van der Waals surface area contributed by atoms with Crippen molar-refractivity contribution >= 4 is 5.69 Å². The maximum absolute atomic E-state index is 4.45. The molecule has 0 aromatic carbocycles. The van der Waals surface area contributed by atoms with Gasteiger partial charge >= 0.3 is 0 Å². The fourth-order valence-electron chi connectivity index (χ4n) is 3.13. The van der Waals surface area contributed by atoms with Crippen molar-refractivity contribution in [3.8, 4) is 0 Å². The highest BCUT2D eigenvalue weighted by atomic mass is 15.1. The fourth-order valence-corrected chi connectivity index (χ4v) is 3.13. The topological polar surface area (TPSA) is 28.2 Å². The van der Waals surface area contributed by atoms with Gasteiger partial charge in [0.1, 0.15) is 0 Å². The van der Waals surface area contributed by atoms with Crippen molar-refractivity contribution in [1.29, 1.82) is 0 Å². The van der Waals surface area contributed by atoms with Gasteiger partial charge in [0.15, 0.2) is 0 Å². The molecule has 1 aromatic heterocycles. The second kappa shape index (κ2) is 8.25. The molecular weight excluding hydrogens is 246 g/mol. The van der Waals surface area contributed by atoms with Crippen LogP contribution in [0.4, 0.5) is 5.69 Å². The van der Waals surface area contributed by atoms with Gasteiger partial charge in [-0.3, -0.25) is 4.98 Å². The van der Waals surface area contributed by atoms with Gasteiger partial charge in [-0.05, 0) is 43.9 Å². The number of anilines is 1. The first kappa shape index (κ1) is 15.3. The minimum atomic E-state index is 0.872. The van der Waals surface area contributed by atoms with E-state index in [2.05, 4.69) is 41.2 Å². The molecule has 112 valence electrons. The zero-order chi connectivity index (χ0) is 14.2. The zero-order valence-corrected chi connectivity index (χ0v) is 13.1. The summed E-state index contributed by atoms with van der Waals surface area (Å²) in [6.45, 7) is 8.70. The van der Waals surface area contributed by atoms with E-state index in [0.717, 1.165) is 24.7 Å². The minimum Gasteiger partial charge on any atom is -0.371 e. The predicted octanol–water partition coefficient (Wildman–Crippen LogP) is 3.60. The Morgan fingerprint density at radius 1 is 1.30 bits per heavy atom. The summed E-state index contributed by atoms with van der Waals surface area (Å²) < 4.78 is 0. The van der Waals surface area contributed by atoms with Crippen LogP contribution in [0.5, 0.6) is 0 Å². The molecule has 1 fully saturated rings. The van der Waals surface area contributed by atoms with Gasteiger partial charge in [-0.25, -0.2) is 0 Å². The normalized spacial score (nSPS) is 19.9. The quantitative estimate of drug-likeness (QED) is 0.860. The van der Waals surface area contributed by atoms with Gasteiger partial charge < -0.3 is 10.2 Å². The molecule has 1 unspecified atom stereocenters. The fraction of sp³-hybridized carbons (Fsp3) is 0.706. The summed E-state index contributed by atoms with van der Waals surface area (Å²) in [6.07, 6.45) is 8.76. The van der Waals surface area contributed by atoms with Crippen LogP contribution in [0.3, 0.4) is 0 Å². The van der Waals surface area contributed by atoms with Gasteiger partial charge in [0.05, 0.1) is 5.69 Å². The molecule has 1 N–H and O–H groups in total. The van der Waals surface area contributed by atoms with Crippen LogP contribution >= 0.6 is 0 Å². The van der Waals surface area contributed by atoms with Gasteiger partial charge in [-0.15, -0.1) is 0 Å². The molecule has 0 aliphatic carbocycles. The van der Waals surface area contributed by atoms with Crippen LogP contribution in [-0.2, 0) is 6.54 Å². The summed E-state index contributed by atoms with van der Waals surface area (Å²) >= 11 is 0. The third-order valence-corrected chi connectivity index (χ3v) is 4.27. The Balaban J connectivity index is 1.96. The number of hydrogen-bond donors (Lipinski definition) is 1. The van der Waals surface area contributed by atoms with Gasteiger partial charge in [0.2, 0.25) is 0 Å². The molecule has 0 radical (unpaired) electrons. The lowest BCUT2D eigenvalue weighted by Gasteiger charge is -2.23. The number of rotatable bonds is 6. The van der Waals surface area contributed by atoms with Crippen molar-refractivity contribution < 1.29 is 0 Å². The van der Waals surface area contributed by atoms with E-state index >= 15 is 0 Å². The SMILES string of the molecule is CCCC1CCCN(c2ccnc(CNCC)c2)CC1. The first-order valence-corrected chi connectivity index (χ1v) is 8.24. The summed E-state index contributed by atoms with van der Waals surface area (Å²) in [7, 11) is 0. The molecule has 0 bridgehead atoms. The van der Waals surface area contributed by atoms with Gasteiger partial charge in [0, 0.05) is 31.5 Å².